The summed E-state index contributed by atoms with van der Waals surface area (Å²) in [6.07, 6.45) is 0.585. The van der Waals surface area contributed by atoms with Gasteiger partial charge < -0.3 is 9.73 Å². The first-order valence-electron chi connectivity index (χ1n) is 6.32. The van der Waals surface area contributed by atoms with Gasteiger partial charge in [0.1, 0.15) is 17.3 Å². The van der Waals surface area contributed by atoms with Crippen LogP contribution in [0, 0.1) is 21.7 Å². The number of nitro benzene ring substituents is 1. The van der Waals surface area contributed by atoms with Gasteiger partial charge in [-0.05, 0) is 26.1 Å². The highest BCUT2D eigenvalue weighted by Crippen LogP contribution is 2.30. The Morgan fingerprint density at radius 2 is 2.05 bits per heavy atom. The zero-order valence-electron chi connectivity index (χ0n) is 11.5. The van der Waals surface area contributed by atoms with Crippen molar-refractivity contribution in [3.8, 4) is 11.3 Å². The summed E-state index contributed by atoms with van der Waals surface area (Å²) in [4.78, 5) is 9.81. The maximum atomic E-state index is 13.8. The normalized spacial score (nSPS) is 12.4. The fourth-order valence-corrected chi connectivity index (χ4v) is 1.90. The van der Waals surface area contributed by atoms with Crippen LogP contribution in [0.1, 0.15) is 12.7 Å². The van der Waals surface area contributed by atoms with Crippen LogP contribution in [0.15, 0.2) is 28.7 Å². The molecule has 0 aliphatic carbocycles. The van der Waals surface area contributed by atoms with Crippen molar-refractivity contribution >= 4 is 5.69 Å². The largest absolute Gasteiger partial charge is 0.461 e. The second-order valence-corrected chi connectivity index (χ2v) is 4.70. The molecular weight excluding hydrogens is 282 g/mol. The molecule has 112 valence electrons. The number of benzene rings is 1. The molecule has 1 heterocycles. The van der Waals surface area contributed by atoms with Crippen molar-refractivity contribution in [1.29, 1.82) is 0 Å². The number of nitro groups is 1. The van der Waals surface area contributed by atoms with Gasteiger partial charge in [0, 0.05) is 24.6 Å². The van der Waals surface area contributed by atoms with Crippen molar-refractivity contribution in [3.63, 3.8) is 0 Å². The molecule has 21 heavy (non-hydrogen) atoms. The van der Waals surface area contributed by atoms with E-state index in [9.17, 15) is 18.9 Å². The van der Waals surface area contributed by atoms with Gasteiger partial charge in [-0.1, -0.05) is 0 Å². The van der Waals surface area contributed by atoms with E-state index >= 15 is 0 Å². The van der Waals surface area contributed by atoms with Crippen LogP contribution < -0.4 is 5.32 Å². The van der Waals surface area contributed by atoms with E-state index in [0.29, 0.717) is 18.2 Å². The van der Waals surface area contributed by atoms with Gasteiger partial charge in [-0.15, -0.1) is 0 Å². The minimum absolute atomic E-state index is 0.133. The lowest BCUT2D eigenvalue weighted by Crippen LogP contribution is -2.23. The Morgan fingerprint density at radius 1 is 1.33 bits per heavy atom. The number of likely N-dealkylation sites (N-methyl/N-ethyl adjacent to an activating group) is 1. The summed E-state index contributed by atoms with van der Waals surface area (Å²) in [5.41, 5.74) is -0.917. The quantitative estimate of drug-likeness (QED) is 0.679. The Balaban J connectivity index is 2.38. The smallest absolute Gasteiger partial charge is 0.305 e. The lowest BCUT2D eigenvalue weighted by Gasteiger charge is -2.07. The van der Waals surface area contributed by atoms with E-state index in [0.717, 1.165) is 6.07 Å². The first-order valence-corrected chi connectivity index (χ1v) is 6.32. The highest BCUT2D eigenvalue weighted by Gasteiger charge is 2.21. The van der Waals surface area contributed by atoms with E-state index in [2.05, 4.69) is 5.32 Å². The molecule has 0 bridgehead atoms. The topological polar surface area (TPSA) is 68.3 Å². The average Bonchev–Trinajstić information content (AvgIpc) is 2.86. The van der Waals surface area contributed by atoms with Crippen LogP contribution in [0.3, 0.4) is 0 Å². The van der Waals surface area contributed by atoms with Gasteiger partial charge in [0.05, 0.1) is 10.5 Å². The van der Waals surface area contributed by atoms with Crippen LogP contribution >= 0.6 is 0 Å². The molecule has 0 fully saturated rings. The number of rotatable bonds is 5. The van der Waals surface area contributed by atoms with Crippen molar-refractivity contribution in [2.75, 3.05) is 7.05 Å². The van der Waals surface area contributed by atoms with Crippen molar-refractivity contribution < 1.29 is 18.1 Å². The third-order valence-corrected chi connectivity index (χ3v) is 3.16. The summed E-state index contributed by atoms with van der Waals surface area (Å²) in [6, 6.07) is 4.67. The van der Waals surface area contributed by atoms with E-state index in [1.54, 1.807) is 13.1 Å². The molecule has 1 aromatic heterocycles. The second kappa shape index (κ2) is 6.01. The molecule has 1 aromatic carbocycles. The predicted octanol–water partition coefficient (Wildman–Crippen LogP) is 3.28. The molecule has 0 amide bonds. The number of hydrogen-bond acceptors (Lipinski definition) is 4. The number of nitrogens with one attached hydrogen (secondary N) is 1. The van der Waals surface area contributed by atoms with Crippen molar-refractivity contribution in [1.82, 2.24) is 5.32 Å². The van der Waals surface area contributed by atoms with Gasteiger partial charge in [0.15, 0.2) is 0 Å². The number of halogens is 2. The van der Waals surface area contributed by atoms with Crippen LogP contribution in [-0.2, 0) is 6.42 Å². The van der Waals surface area contributed by atoms with Crippen molar-refractivity contribution in [3.05, 3.63) is 51.8 Å². The molecule has 1 unspecified atom stereocenters. The van der Waals surface area contributed by atoms with Crippen LogP contribution in [0.25, 0.3) is 11.3 Å². The van der Waals surface area contributed by atoms with Crippen LogP contribution in [-0.4, -0.2) is 18.0 Å². The third-order valence-electron chi connectivity index (χ3n) is 3.16. The average molecular weight is 296 g/mol. The third kappa shape index (κ3) is 3.25. The van der Waals surface area contributed by atoms with Gasteiger partial charge in [-0.3, -0.25) is 10.1 Å². The minimum atomic E-state index is -1.21. The van der Waals surface area contributed by atoms with E-state index in [-0.39, 0.29) is 17.4 Å². The fourth-order valence-electron chi connectivity index (χ4n) is 1.90. The first kappa shape index (κ1) is 15.1. The maximum absolute atomic E-state index is 13.8. The highest BCUT2D eigenvalue weighted by molar-refractivity contribution is 5.62. The van der Waals surface area contributed by atoms with Gasteiger partial charge >= 0.3 is 5.69 Å². The molecule has 0 saturated carbocycles. The zero-order chi connectivity index (χ0) is 15.6. The molecule has 0 radical (unpaired) electrons. The van der Waals surface area contributed by atoms with Crippen molar-refractivity contribution in [2.45, 2.75) is 19.4 Å². The summed E-state index contributed by atoms with van der Waals surface area (Å²) in [5, 5.41) is 13.7. The Hall–Kier alpha value is -2.28. The first-order chi connectivity index (χ1) is 9.92. The molecule has 0 aliphatic heterocycles. The Labute approximate surface area is 119 Å². The van der Waals surface area contributed by atoms with Gasteiger partial charge in [-0.25, -0.2) is 4.39 Å². The maximum Gasteiger partial charge on any atom is 0.305 e. The summed E-state index contributed by atoms with van der Waals surface area (Å²) >= 11 is 0. The Morgan fingerprint density at radius 3 is 2.67 bits per heavy atom. The number of furan rings is 1. The van der Waals surface area contributed by atoms with Crippen molar-refractivity contribution in [2.24, 2.45) is 0 Å². The van der Waals surface area contributed by atoms with Crippen LogP contribution in [0.4, 0.5) is 14.5 Å². The van der Waals surface area contributed by atoms with E-state index in [1.807, 2.05) is 6.92 Å². The van der Waals surface area contributed by atoms with Gasteiger partial charge in [0.25, 0.3) is 0 Å². The molecule has 2 rings (SSSR count). The zero-order valence-corrected chi connectivity index (χ0v) is 11.5. The summed E-state index contributed by atoms with van der Waals surface area (Å²) < 4.78 is 32.6. The highest BCUT2D eigenvalue weighted by atomic mass is 19.1. The van der Waals surface area contributed by atoms with Gasteiger partial charge in [-0.2, -0.15) is 4.39 Å². The Kier molecular flexibility index (Phi) is 4.32. The van der Waals surface area contributed by atoms with E-state index in [4.69, 9.17) is 4.42 Å². The molecular formula is C14H14F2N2O3. The standard InChI is InChI=1S/C14H14F2N2O3/c1-8(17-2)5-9-3-4-14(21-9)10-6-13(18(19)20)12(16)7-11(10)15/h3-4,6-8,17H,5H2,1-2H3. The summed E-state index contributed by atoms with van der Waals surface area (Å²) in [5.74, 6) is -1.37. The number of hydrogen-bond donors (Lipinski definition) is 1. The lowest BCUT2D eigenvalue weighted by molar-refractivity contribution is -0.387. The molecule has 1 atom stereocenters. The second-order valence-electron chi connectivity index (χ2n) is 4.70. The minimum Gasteiger partial charge on any atom is -0.461 e. The molecule has 7 heteroatoms. The predicted molar refractivity (Wildman–Crippen MR) is 72.9 cm³/mol. The lowest BCUT2D eigenvalue weighted by atomic mass is 10.1. The molecule has 5 nitrogen and oxygen atoms in total. The Bertz CT molecular complexity index is 670. The van der Waals surface area contributed by atoms with Crippen LogP contribution in [0.5, 0.6) is 0 Å². The van der Waals surface area contributed by atoms with Gasteiger partial charge in [0.2, 0.25) is 5.82 Å². The number of nitrogens with zero attached hydrogens (tertiary/aromatic N) is 1. The SMILES string of the molecule is CNC(C)Cc1ccc(-c2cc([N+](=O)[O-])c(F)cc2F)o1. The molecule has 2 aromatic rings. The monoisotopic (exact) mass is 296 g/mol. The fraction of sp³-hybridized carbons (Fsp3) is 0.286. The molecule has 0 saturated heterocycles. The van der Waals surface area contributed by atoms with E-state index in [1.165, 1.54) is 6.07 Å². The summed E-state index contributed by atoms with van der Waals surface area (Å²) in [7, 11) is 1.80. The molecule has 0 spiro atoms. The van der Waals surface area contributed by atoms with E-state index < -0.39 is 22.2 Å². The van der Waals surface area contributed by atoms with Crippen LogP contribution in [0.2, 0.25) is 0 Å². The molecule has 1 N–H and O–H groups in total. The summed E-state index contributed by atoms with van der Waals surface area (Å²) in [6.45, 7) is 1.95. The molecule has 0 aliphatic rings.